The van der Waals surface area contributed by atoms with Crippen molar-refractivity contribution in [2.24, 2.45) is 0 Å². The fraction of sp³-hybridized carbons (Fsp3) is 0.0526. The van der Waals surface area contributed by atoms with Crippen molar-refractivity contribution in [3.05, 3.63) is 92.9 Å². The standard InChI is InChI=1S/C19H12BrClN3O/c20-13-6-8-16(22-11-13)18(12-4-2-1-3-5-12)24-19-23-15-9-7-14(21)10-17(15)25-19/h1-11,18H/q-1. The topological polar surface area (TPSA) is 53.0 Å². The van der Waals surface area contributed by atoms with Crippen molar-refractivity contribution in [2.45, 2.75) is 6.04 Å². The first kappa shape index (κ1) is 16.1. The van der Waals surface area contributed by atoms with E-state index in [1.54, 1.807) is 18.3 Å². The smallest absolute Gasteiger partial charge is 0.131 e. The molecule has 0 bridgehead atoms. The van der Waals surface area contributed by atoms with Gasteiger partial charge in [0.2, 0.25) is 0 Å². The summed E-state index contributed by atoms with van der Waals surface area (Å²) >= 11 is 9.42. The van der Waals surface area contributed by atoms with E-state index in [9.17, 15) is 0 Å². The third-order valence-corrected chi connectivity index (χ3v) is 4.43. The fourth-order valence-electron chi connectivity index (χ4n) is 2.55. The van der Waals surface area contributed by atoms with Crippen LogP contribution in [0.3, 0.4) is 0 Å². The predicted octanol–water partition coefficient (Wildman–Crippen LogP) is 6.43. The van der Waals surface area contributed by atoms with E-state index in [0.29, 0.717) is 16.6 Å². The SMILES string of the molecule is Clc1ccc2nc([N-]C(c3ccccc3)c3ccc(Br)cn3)oc2c1. The molecule has 2 aromatic carbocycles. The van der Waals surface area contributed by atoms with E-state index in [1.165, 1.54) is 0 Å². The number of fused-ring (bicyclic) bond motifs is 1. The van der Waals surface area contributed by atoms with Crippen LogP contribution in [0.25, 0.3) is 16.4 Å². The van der Waals surface area contributed by atoms with Gasteiger partial charge in [0.15, 0.2) is 0 Å². The Morgan fingerprint density at radius 2 is 1.88 bits per heavy atom. The number of benzene rings is 2. The Balaban J connectivity index is 1.73. The molecule has 0 aliphatic rings. The molecule has 0 fully saturated rings. The fourth-order valence-corrected chi connectivity index (χ4v) is 2.94. The Labute approximate surface area is 158 Å². The van der Waals surface area contributed by atoms with E-state index >= 15 is 0 Å². The van der Waals surface area contributed by atoms with E-state index < -0.39 is 0 Å². The number of hydrogen-bond donors (Lipinski definition) is 0. The molecule has 1 atom stereocenters. The molecule has 4 aromatic rings. The first-order chi connectivity index (χ1) is 12.2. The van der Waals surface area contributed by atoms with Gasteiger partial charge in [-0.25, -0.2) is 0 Å². The van der Waals surface area contributed by atoms with Crippen LogP contribution < -0.4 is 0 Å². The summed E-state index contributed by atoms with van der Waals surface area (Å²) < 4.78 is 6.66. The summed E-state index contributed by atoms with van der Waals surface area (Å²) in [6, 6.07) is 19.1. The van der Waals surface area contributed by atoms with Crippen LogP contribution in [0.4, 0.5) is 6.01 Å². The third-order valence-electron chi connectivity index (χ3n) is 3.72. The first-order valence-corrected chi connectivity index (χ1v) is 8.79. The van der Waals surface area contributed by atoms with Gasteiger partial charge in [0.05, 0.1) is 0 Å². The number of rotatable bonds is 4. The van der Waals surface area contributed by atoms with Crippen molar-refractivity contribution in [2.75, 3.05) is 0 Å². The molecule has 0 N–H and O–H groups in total. The number of oxazole rings is 1. The Morgan fingerprint density at radius 1 is 1.04 bits per heavy atom. The van der Waals surface area contributed by atoms with Gasteiger partial charge in [0, 0.05) is 32.9 Å². The number of pyridine rings is 1. The molecule has 25 heavy (non-hydrogen) atoms. The highest BCUT2D eigenvalue weighted by atomic mass is 79.9. The summed E-state index contributed by atoms with van der Waals surface area (Å²) in [5.74, 6) is 0. The molecule has 0 spiro atoms. The Bertz CT molecular complexity index is 1000. The zero-order valence-electron chi connectivity index (χ0n) is 12.9. The van der Waals surface area contributed by atoms with E-state index in [1.807, 2.05) is 48.5 Å². The Kier molecular flexibility index (Phi) is 4.42. The Hall–Kier alpha value is -2.37. The molecule has 0 amide bonds. The highest BCUT2D eigenvalue weighted by molar-refractivity contribution is 9.10. The van der Waals surface area contributed by atoms with E-state index in [0.717, 1.165) is 21.2 Å². The van der Waals surface area contributed by atoms with Crippen molar-refractivity contribution in [1.82, 2.24) is 9.97 Å². The monoisotopic (exact) mass is 412 g/mol. The number of halogens is 2. The summed E-state index contributed by atoms with van der Waals surface area (Å²) in [7, 11) is 0. The maximum absolute atomic E-state index is 6.01. The minimum absolute atomic E-state index is 0.302. The van der Waals surface area contributed by atoms with Crippen LogP contribution in [0.15, 0.2) is 75.8 Å². The van der Waals surface area contributed by atoms with Crippen molar-refractivity contribution in [3.8, 4) is 0 Å². The van der Waals surface area contributed by atoms with Crippen molar-refractivity contribution >= 4 is 44.6 Å². The molecule has 0 aliphatic heterocycles. The lowest BCUT2D eigenvalue weighted by molar-refractivity contribution is 0.617. The summed E-state index contributed by atoms with van der Waals surface area (Å²) in [6.45, 7) is 0. The van der Waals surface area contributed by atoms with Crippen LogP contribution in [0.5, 0.6) is 0 Å². The van der Waals surface area contributed by atoms with Crippen molar-refractivity contribution in [1.29, 1.82) is 0 Å². The average Bonchev–Trinajstić information content (AvgIpc) is 3.03. The van der Waals surface area contributed by atoms with Gasteiger partial charge in [0.25, 0.3) is 0 Å². The molecule has 0 aliphatic carbocycles. The molecule has 4 nitrogen and oxygen atoms in total. The van der Waals surface area contributed by atoms with Gasteiger partial charge >= 0.3 is 0 Å². The zero-order valence-corrected chi connectivity index (χ0v) is 15.3. The summed E-state index contributed by atoms with van der Waals surface area (Å²) in [6.07, 6.45) is 1.76. The van der Waals surface area contributed by atoms with Crippen LogP contribution in [0.2, 0.25) is 5.02 Å². The highest BCUT2D eigenvalue weighted by Gasteiger charge is 2.12. The van der Waals surface area contributed by atoms with Gasteiger partial charge < -0.3 is 14.7 Å². The van der Waals surface area contributed by atoms with E-state index in [2.05, 4.69) is 25.9 Å². The van der Waals surface area contributed by atoms with E-state index in [-0.39, 0.29) is 6.04 Å². The minimum Gasteiger partial charge on any atom is -0.465 e. The molecule has 1 unspecified atom stereocenters. The maximum atomic E-state index is 6.01. The molecular formula is C19H12BrClN3O-. The van der Waals surface area contributed by atoms with Gasteiger partial charge in [-0.1, -0.05) is 48.0 Å². The quantitative estimate of drug-likeness (QED) is 0.387. The van der Waals surface area contributed by atoms with Gasteiger partial charge in [-0.2, -0.15) is 0 Å². The summed E-state index contributed by atoms with van der Waals surface area (Å²) in [5.41, 5.74) is 3.16. The number of hydrogen-bond acceptors (Lipinski definition) is 3. The summed E-state index contributed by atoms with van der Waals surface area (Å²) in [4.78, 5) is 8.92. The molecule has 124 valence electrons. The lowest BCUT2D eigenvalue weighted by Crippen LogP contribution is -2.01. The van der Waals surface area contributed by atoms with Gasteiger partial charge in [-0.05, 0) is 45.8 Å². The maximum Gasteiger partial charge on any atom is 0.131 e. The largest absolute Gasteiger partial charge is 0.465 e. The second kappa shape index (κ2) is 6.86. The molecule has 2 heterocycles. The Morgan fingerprint density at radius 3 is 2.64 bits per heavy atom. The predicted molar refractivity (Wildman–Crippen MR) is 102 cm³/mol. The van der Waals surface area contributed by atoms with Gasteiger partial charge in [0.1, 0.15) is 11.6 Å². The molecular weight excluding hydrogens is 402 g/mol. The van der Waals surface area contributed by atoms with Crippen LogP contribution in [-0.2, 0) is 0 Å². The molecule has 0 saturated carbocycles. The first-order valence-electron chi connectivity index (χ1n) is 7.62. The summed E-state index contributed by atoms with van der Waals surface area (Å²) in [5, 5.41) is 5.30. The van der Waals surface area contributed by atoms with Crippen LogP contribution in [0.1, 0.15) is 17.3 Å². The number of nitrogens with zero attached hydrogens (tertiary/aromatic N) is 3. The number of aromatic nitrogens is 2. The average molecular weight is 414 g/mol. The molecule has 0 saturated heterocycles. The highest BCUT2D eigenvalue weighted by Crippen LogP contribution is 2.37. The van der Waals surface area contributed by atoms with Gasteiger partial charge in [-0.3, -0.25) is 4.98 Å². The van der Waals surface area contributed by atoms with Crippen molar-refractivity contribution in [3.63, 3.8) is 0 Å². The third kappa shape index (κ3) is 3.52. The molecule has 0 radical (unpaired) electrons. The molecule has 2 aromatic heterocycles. The van der Waals surface area contributed by atoms with Crippen LogP contribution in [-0.4, -0.2) is 9.97 Å². The lowest BCUT2D eigenvalue weighted by atomic mass is 10.0. The van der Waals surface area contributed by atoms with Gasteiger partial charge in [-0.15, -0.1) is 0 Å². The van der Waals surface area contributed by atoms with Crippen LogP contribution >= 0.6 is 27.5 Å². The second-order valence-electron chi connectivity index (χ2n) is 5.45. The van der Waals surface area contributed by atoms with Crippen LogP contribution in [0, 0.1) is 0 Å². The zero-order chi connectivity index (χ0) is 17.2. The molecule has 4 rings (SSSR count). The minimum atomic E-state index is -0.308. The second-order valence-corrected chi connectivity index (χ2v) is 6.80. The van der Waals surface area contributed by atoms with E-state index in [4.69, 9.17) is 21.3 Å². The lowest BCUT2D eigenvalue weighted by Gasteiger charge is -2.23. The normalized spacial score (nSPS) is 12.2. The molecule has 6 heteroatoms. The van der Waals surface area contributed by atoms with Crippen molar-refractivity contribution < 1.29 is 4.42 Å².